The fourth-order valence-corrected chi connectivity index (χ4v) is 0.247. The van der Waals surface area contributed by atoms with Crippen LogP contribution in [0.4, 0.5) is 0 Å². The molecule has 0 amide bonds. The summed E-state index contributed by atoms with van der Waals surface area (Å²) in [4.78, 5) is 7.38. The first-order valence-corrected chi connectivity index (χ1v) is 2.61. The fourth-order valence-electron chi connectivity index (χ4n) is 0.247. The third-order valence-corrected chi connectivity index (χ3v) is 0.568. The Morgan fingerprint density at radius 1 is 1.67 bits per heavy atom. The highest BCUT2D eigenvalue weighted by Crippen LogP contribution is 1.71. The zero-order valence-electron chi connectivity index (χ0n) is 5.76. The third-order valence-electron chi connectivity index (χ3n) is 0.568. The summed E-state index contributed by atoms with van der Waals surface area (Å²) in [5, 5.41) is 2.80. The molecule has 0 bridgehead atoms. The van der Waals surface area contributed by atoms with E-state index >= 15 is 0 Å². The molecule has 0 rings (SSSR count). The number of nitrogens with zero attached hydrogens (tertiary/aromatic N) is 2. The minimum atomic E-state index is 0.864. The van der Waals surface area contributed by atoms with Gasteiger partial charge in [-0.05, 0) is 6.92 Å². The summed E-state index contributed by atoms with van der Waals surface area (Å²) in [5.74, 6) is 0. The molecule has 0 aliphatic rings. The maximum atomic E-state index is 3.74. The van der Waals surface area contributed by atoms with Gasteiger partial charge in [-0.3, -0.25) is 4.99 Å². The van der Waals surface area contributed by atoms with Crippen LogP contribution in [0.5, 0.6) is 0 Å². The van der Waals surface area contributed by atoms with Crippen LogP contribution in [-0.2, 0) is 0 Å². The van der Waals surface area contributed by atoms with Gasteiger partial charge in [-0.15, -0.1) is 0 Å². The molecule has 0 atom stereocenters. The molecular formula is C6H11N3. The standard InChI is InChI=1S/C6H11N3/c1-6(2)9-5-8-4-7-3/h4-5H,1H2,2-3H3,(H,7,8,9). The first-order valence-electron chi connectivity index (χ1n) is 2.61. The second kappa shape index (κ2) is 5.03. The summed E-state index contributed by atoms with van der Waals surface area (Å²) in [6.07, 6.45) is 2.99. The first kappa shape index (κ1) is 7.88. The third kappa shape index (κ3) is 6.88. The molecule has 3 heteroatoms. The number of hydrogen-bond donors (Lipinski definition) is 1. The van der Waals surface area contributed by atoms with E-state index in [0.29, 0.717) is 0 Å². The molecule has 0 fully saturated rings. The lowest BCUT2D eigenvalue weighted by Crippen LogP contribution is -2.05. The van der Waals surface area contributed by atoms with Crippen molar-refractivity contribution in [1.29, 1.82) is 0 Å². The molecule has 0 unspecified atom stereocenters. The van der Waals surface area contributed by atoms with Crippen molar-refractivity contribution in [2.75, 3.05) is 7.05 Å². The van der Waals surface area contributed by atoms with Crippen molar-refractivity contribution >= 4 is 12.7 Å². The summed E-state index contributed by atoms with van der Waals surface area (Å²) in [5.41, 5.74) is 0.864. The minimum Gasteiger partial charge on any atom is -0.351 e. The van der Waals surface area contributed by atoms with E-state index in [1.807, 2.05) is 6.92 Å². The fraction of sp³-hybridized carbons (Fsp3) is 0.333. The van der Waals surface area contributed by atoms with Gasteiger partial charge in [0.25, 0.3) is 0 Å². The molecule has 0 spiro atoms. The van der Waals surface area contributed by atoms with Gasteiger partial charge in [0.1, 0.15) is 6.34 Å². The molecule has 0 aromatic heterocycles. The topological polar surface area (TPSA) is 36.8 Å². The highest BCUT2D eigenvalue weighted by Gasteiger charge is 1.71. The smallest absolute Gasteiger partial charge is 0.111 e. The SMILES string of the molecule is C=C(C)NC=NC=NC. The molecule has 0 saturated carbocycles. The van der Waals surface area contributed by atoms with Gasteiger partial charge in [0.2, 0.25) is 0 Å². The maximum Gasteiger partial charge on any atom is 0.111 e. The van der Waals surface area contributed by atoms with Gasteiger partial charge in [-0.25, -0.2) is 4.99 Å². The van der Waals surface area contributed by atoms with E-state index in [1.165, 1.54) is 12.7 Å². The summed E-state index contributed by atoms with van der Waals surface area (Å²) in [7, 11) is 1.66. The van der Waals surface area contributed by atoms with Crippen LogP contribution in [0.2, 0.25) is 0 Å². The molecule has 0 saturated heterocycles. The van der Waals surface area contributed by atoms with Gasteiger partial charge < -0.3 is 5.32 Å². The molecule has 0 aromatic rings. The van der Waals surface area contributed by atoms with Gasteiger partial charge in [-0.2, -0.15) is 0 Å². The molecule has 0 aromatic carbocycles. The normalized spacial score (nSPS) is 10.9. The van der Waals surface area contributed by atoms with Crippen molar-refractivity contribution in [3.05, 3.63) is 12.3 Å². The summed E-state index contributed by atoms with van der Waals surface area (Å²) in [6.45, 7) is 5.46. The summed E-state index contributed by atoms with van der Waals surface area (Å²) in [6, 6.07) is 0. The van der Waals surface area contributed by atoms with E-state index in [-0.39, 0.29) is 0 Å². The summed E-state index contributed by atoms with van der Waals surface area (Å²) >= 11 is 0. The predicted octanol–water partition coefficient (Wildman–Crippen LogP) is 0.796. The first-order chi connectivity index (χ1) is 4.27. The van der Waals surface area contributed by atoms with E-state index in [0.717, 1.165) is 5.70 Å². The average Bonchev–Trinajstić information content (AvgIpc) is 1.80. The molecule has 0 radical (unpaired) electrons. The number of allylic oxidation sites excluding steroid dienone is 1. The van der Waals surface area contributed by atoms with Crippen LogP contribution >= 0.6 is 0 Å². The number of rotatable bonds is 3. The Hall–Kier alpha value is -1.12. The van der Waals surface area contributed by atoms with E-state index in [1.54, 1.807) is 7.05 Å². The Labute approximate surface area is 55.2 Å². The Morgan fingerprint density at radius 2 is 2.33 bits per heavy atom. The maximum absolute atomic E-state index is 3.74. The summed E-state index contributed by atoms with van der Waals surface area (Å²) < 4.78 is 0. The van der Waals surface area contributed by atoms with Crippen molar-refractivity contribution in [1.82, 2.24) is 5.32 Å². The van der Waals surface area contributed by atoms with Gasteiger partial charge in [-0.1, -0.05) is 6.58 Å². The molecular weight excluding hydrogens is 114 g/mol. The van der Waals surface area contributed by atoms with Crippen LogP contribution in [0.25, 0.3) is 0 Å². The van der Waals surface area contributed by atoms with E-state index in [9.17, 15) is 0 Å². The molecule has 0 aliphatic heterocycles. The number of nitrogens with one attached hydrogen (secondary N) is 1. The largest absolute Gasteiger partial charge is 0.351 e. The molecule has 1 N–H and O–H groups in total. The van der Waals surface area contributed by atoms with Crippen molar-refractivity contribution < 1.29 is 0 Å². The van der Waals surface area contributed by atoms with Crippen LogP contribution in [0, 0.1) is 0 Å². The van der Waals surface area contributed by atoms with Crippen LogP contribution in [0.1, 0.15) is 6.92 Å². The average molecular weight is 125 g/mol. The van der Waals surface area contributed by atoms with Crippen molar-refractivity contribution in [3.8, 4) is 0 Å². The Bertz CT molecular complexity index is 135. The quantitative estimate of drug-likeness (QED) is 0.439. The highest BCUT2D eigenvalue weighted by atomic mass is 15.0. The molecule has 0 heterocycles. The zero-order chi connectivity index (χ0) is 7.11. The number of aliphatic imine (C=N–C) groups is 2. The van der Waals surface area contributed by atoms with Crippen LogP contribution in [0.3, 0.4) is 0 Å². The second-order valence-corrected chi connectivity index (χ2v) is 1.58. The second-order valence-electron chi connectivity index (χ2n) is 1.58. The monoisotopic (exact) mass is 125 g/mol. The number of hydrogen-bond acceptors (Lipinski definition) is 1. The van der Waals surface area contributed by atoms with Gasteiger partial charge in [0, 0.05) is 12.7 Å². The van der Waals surface area contributed by atoms with Crippen molar-refractivity contribution in [3.63, 3.8) is 0 Å². The van der Waals surface area contributed by atoms with Gasteiger partial charge in [0.05, 0.1) is 6.34 Å². The van der Waals surface area contributed by atoms with Crippen LogP contribution in [0.15, 0.2) is 22.3 Å². The lowest BCUT2D eigenvalue weighted by molar-refractivity contribution is 1.16. The van der Waals surface area contributed by atoms with E-state index in [4.69, 9.17) is 0 Å². The lowest BCUT2D eigenvalue weighted by atomic mass is 10.6. The molecule has 3 nitrogen and oxygen atoms in total. The molecule has 0 aliphatic carbocycles. The highest BCUT2D eigenvalue weighted by molar-refractivity contribution is 5.71. The predicted molar refractivity (Wildman–Crippen MR) is 40.9 cm³/mol. The van der Waals surface area contributed by atoms with Gasteiger partial charge in [0.15, 0.2) is 0 Å². The minimum absolute atomic E-state index is 0.864. The van der Waals surface area contributed by atoms with Crippen LogP contribution in [-0.4, -0.2) is 19.7 Å². The molecule has 9 heavy (non-hydrogen) atoms. The Morgan fingerprint density at radius 3 is 2.78 bits per heavy atom. The lowest BCUT2D eigenvalue weighted by Gasteiger charge is -1.91. The van der Waals surface area contributed by atoms with E-state index in [2.05, 4.69) is 21.9 Å². The van der Waals surface area contributed by atoms with Gasteiger partial charge >= 0.3 is 0 Å². The molecule has 50 valence electrons. The Balaban J connectivity index is 3.36. The Kier molecular flexibility index (Phi) is 4.40. The van der Waals surface area contributed by atoms with E-state index < -0.39 is 0 Å². The zero-order valence-corrected chi connectivity index (χ0v) is 5.76. The van der Waals surface area contributed by atoms with Crippen LogP contribution < -0.4 is 5.32 Å². The van der Waals surface area contributed by atoms with Crippen molar-refractivity contribution in [2.45, 2.75) is 6.92 Å². The van der Waals surface area contributed by atoms with Crippen molar-refractivity contribution in [2.24, 2.45) is 9.98 Å².